The van der Waals surface area contributed by atoms with Crippen LogP contribution in [0.15, 0.2) is 63.9 Å². The molecule has 0 aliphatic heterocycles. The van der Waals surface area contributed by atoms with E-state index in [2.05, 4.69) is 26.2 Å². The Labute approximate surface area is 166 Å². The fourth-order valence-corrected chi connectivity index (χ4v) is 3.27. The van der Waals surface area contributed by atoms with Crippen molar-refractivity contribution in [3.05, 3.63) is 80.7 Å². The van der Waals surface area contributed by atoms with E-state index in [1.165, 1.54) is 10.6 Å². The van der Waals surface area contributed by atoms with E-state index in [0.717, 1.165) is 21.3 Å². The molecule has 0 atom stereocenters. The van der Waals surface area contributed by atoms with E-state index < -0.39 is 0 Å². The number of nitrogens with zero attached hydrogens (tertiary/aromatic N) is 2. The van der Waals surface area contributed by atoms with Crippen molar-refractivity contribution in [3.8, 4) is 11.4 Å². The van der Waals surface area contributed by atoms with Crippen LogP contribution in [0.25, 0.3) is 11.4 Å². The molecule has 1 amide bonds. The van der Waals surface area contributed by atoms with Crippen LogP contribution < -0.4 is 10.9 Å². The molecule has 6 heteroatoms. The monoisotopic (exact) mass is 425 g/mol. The maximum absolute atomic E-state index is 12.6. The number of hydrogen-bond acceptors (Lipinski definition) is 3. The number of anilines is 1. The third-order valence-electron chi connectivity index (χ3n) is 4.22. The Bertz CT molecular complexity index is 1030. The molecule has 3 rings (SSSR count). The van der Waals surface area contributed by atoms with Crippen LogP contribution in [0.2, 0.25) is 0 Å². The van der Waals surface area contributed by atoms with Crippen molar-refractivity contribution >= 4 is 27.5 Å². The molecule has 0 saturated heterocycles. The summed E-state index contributed by atoms with van der Waals surface area (Å²) in [6.45, 7) is 3.76. The number of amides is 1. The van der Waals surface area contributed by atoms with E-state index in [1.54, 1.807) is 0 Å². The van der Waals surface area contributed by atoms with Gasteiger partial charge in [0.2, 0.25) is 5.91 Å². The van der Waals surface area contributed by atoms with Crippen molar-refractivity contribution in [2.24, 2.45) is 0 Å². The fraction of sp³-hybridized carbons (Fsp3) is 0.190. The van der Waals surface area contributed by atoms with Crippen molar-refractivity contribution in [1.29, 1.82) is 0 Å². The topological polar surface area (TPSA) is 64.0 Å². The van der Waals surface area contributed by atoms with Crippen molar-refractivity contribution < 1.29 is 4.79 Å². The van der Waals surface area contributed by atoms with Gasteiger partial charge in [0, 0.05) is 27.5 Å². The van der Waals surface area contributed by atoms with Crippen LogP contribution in [-0.2, 0) is 17.8 Å². The highest BCUT2D eigenvalue weighted by Gasteiger charge is 2.14. The van der Waals surface area contributed by atoms with Crippen molar-refractivity contribution in [2.45, 2.75) is 26.8 Å². The number of rotatable bonds is 5. The molecule has 1 N–H and O–H groups in total. The summed E-state index contributed by atoms with van der Waals surface area (Å²) in [5, 5.41) is 2.87. The summed E-state index contributed by atoms with van der Waals surface area (Å²) in [6, 6.07) is 16.5. The van der Waals surface area contributed by atoms with Gasteiger partial charge in [-0.2, -0.15) is 0 Å². The molecule has 0 aliphatic carbocycles. The molecule has 3 aromatic rings. The zero-order valence-electron chi connectivity index (χ0n) is 15.2. The van der Waals surface area contributed by atoms with Gasteiger partial charge in [-0.3, -0.25) is 14.2 Å². The highest BCUT2D eigenvalue weighted by molar-refractivity contribution is 9.10. The first-order chi connectivity index (χ1) is 13.0. The first-order valence-corrected chi connectivity index (χ1v) is 9.49. The smallest absolute Gasteiger partial charge is 0.254 e. The zero-order chi connectivity index (χ0) is 19.4. The molecular weight excluding hydrogens is 406 g/mol. The molecule has 0 fully saturated rings. The number of halogens is 1. The zero-order valence-corrected chi connectivity index (χ0v) is 16.8. The lowest BCUT2D eigenvalue weighted by Crippen LogP contribution is -2.30. The Hall–Kier alpha value is -2.73. The fourth-order valence-electron chi connectivity index (χ4n) is 2.80. The minimum Gasteiger partial charge on any atom is -0.324 e. The average Bonchev–Trinajstić information content (AvgIpc) is 2.66. The normalized spacial score (nSPS) is 10.6. The first kappa shape index (κ1) is 19.0. The Balaban J connectivity index is 1.94. The molecule has 0 bridgehead atoms. The molecule has 138 valence electrons. The molecule has 27 heavy (non-hydrogen) atoms. The predicted molar refractivity (Wildman–Crippen MR) is 111 cm³/mol. The van der Waals surface area contributed by atoms with E-state index in [1.807, 2.05) is 62.4 Å². The van der Waals surface area contributed by atoms with Crippen molar-refractivity contribution in [1.82, 2.24) is 9.55 Å². The minimum absolute atomic E-state index is 0.102. The molecular formula is C21H20BrN3O2. The van der Waals surface area contributed by atoms with Crippen LogP contribution in [0.5, 0.6) is 0 Å². The number of benzene rings is 2. The third kappa shape index (κ3) is 4.52. The van der Waals surface area contributed by atoms with E-state index in [0.29, 0.717) is 17.9 Å². The van der Waals surface area contributed by atoms with Gasteiger partial charge in [0.1, 0.15) is 12.4 Å². The average molecular weight is 426 g/mol. The summed E-state index contributed by atoms with van der Waals surface area (Å²) < 4.78 is 2.36. The molecule has 5 nitrogen and oxygen atoms in total. The van der Waals surface area contributed by atoms with Gasteiger partial charge in [-0.05, 0) is 37.1 Å². The Morgan fingerprint density at radius 2 is 1.89 bits per heavy atom. The Kier molecular flexibility index (Phi) is 5.86. The molecule has 1 heterocycles. The Morgan fingerprint density at radius 1 is 1.15 bits per heavy atom. The molecule has 0 radical (unpaired) electrons. The van der Waals surface area contributed by atoms with Gasteiger partial charge in [-0.1, -0.05) is 53.2 Å². The van der Waals surface area contributed by atoms with Crippen LogP contribution in [0, 0.1) is 6.92 Å². The van der Waals surface area contributed by atoms with E-state index >= 15 is 0 Å². The highest BCUT2D eigenvalue weighted by atomic mass is 79.9. The van der Waals surface area contributed by atoms with Gasteiger partial charge in [0.05, 0.1) is 0 Å². The second-order valence-electron chi connectivity index (χ2n) is 6.22. The second-order valence-corrected chi connectivity index (χ2v) is 7.14. The van der Waals surface area contributed by atoms with Gasteiger partial charge >= 0.3 is 0 Å². The van der Waals surface area contributed by atoms with E-state index in [4.69, 9.17) is 0 Å². The van der Waals surface area contributed by atoms with Gasteiger partial charge in [0.15, 0.2) is 0 Å². The largest absolute Gasteiger partial charge is 0.324 e. The number of aromatic nitrogens is 2. The van der Waals surface area contributed by atoms with Gasteiger partial charge in [0.25, 0.3) is 5.56 Å². The number of hydrogen-bond donors (Lipinski definition) is 1. The highest BCUT2D eigenvalue weighted by Crippen LogP contribution is 2.20. The third-order valence-corrected chi connectivity index (χ3v) is 4.71. The molecule has 1 aromatic heterocycles. The summed E-state index contributed by atoms with van der Waals surface area (Å²) in [7, 11) is 0. The standard InChI is InChI=1S/C21H20BrN3O2/c1-3-17-12-20(27)25(21(23-17)15-7-5-4-6-8-15)13-19(26)24-18-10-9-16(22)11-14(18)2/h4-12H,3,13H2,1-2H3,(H,24,26). The molecule has 0 saturated carbocycles. The predicted octanol–water partition coefficient (Wildman–Crippen LogP) is 4.18. The lowest BCUT2D eigenvalue weighted by Gasteiger charge is -2.14. The summed E-state index contributed by atoms with van der Waals surface area (Å²) in [5.41, 5.74) is 2.93. The van der Waals surface area contributed by atoms with Crippen LogP contribution in [0.1, 0.15) is 18.2 Å². The molecule has 0 unspecified atom stereocenters. The van der Waals surface area contributed by atoms with E-state index in [9.17, 15) is 9.59 Å². The van der Waals surface area contributed by atoms with Crippen LogP contribution in [0.3, 0.4) is 0 Å². The Morgan fingerprint density at radius 3 is 2.56 bits per heavy atom. The quantitative estimate of drug-likeness (QED) is 0.666. The number of carbonyl (C=O) groups is 1. The maximum Gasteiger partial charge on any atom is 0.254 e. The summed E-state index contributed by atoms with van der Waals surface area (Å²) in [6.07, 6.45) is 0.653. The molecule has 0 spiro atoms. The van der Waals surface area contributed by atoms with Crippen LogP contribution in [0.4, 0.5) is 5.69 Å². The van der Waals surface area contributed by atoms with Crippen LogP contribution >= 0.6 is 15.9 Å². The van der Waals surface area contributed by atoms with Gasteiger partial charge in [-0.25, -0.2) is 4.98 Å². The van der Waals surface area contributed by atoms with Crippen molar-refractivity contribution in [3.63, 3.8) is 0 Å². The molecule has 2 aromatic carbocycles. The SMILES string of the molecule is CCc1cc(=O)n(CC(=O)Nc2ccc(Br)cc2C)c(-c2ccccc2)n1. The van der Waals surface area contributed by atoms with Gasteiger partial charge in [-0.15, -0.1) is 0 Å². The lowest BCUT2D eigenvalue weighted by molar-refractivity contribution is -0.116. The van der Waals surface area contributed by atoms with Crippen molar-refractivity contribution in [2.75, 3.05) is 5.32 Å². The summed E-state index contributed by atoms with van der Waals surface area (Å²) in [5.74, 6) is 0.230. The summed E-state index contributed by atoms with van der Waals surface area (Å²) in [4.78, 5) is 29.8. The minimum atomic E-state index is -0.272. The maximum atomic E-state index is 12.6. The van der Waals surface area contributed by atoms with E-state index in [-0.39, 0.29) is 18.0 Å². The molecule has 0 aliphatic rings. The van der Waals surface area contributed by atoms with Gasteiger partial charge < -0.3 is 5.32 Å². The number of nitrogens with one attached hydrogen (secondary N) is 1. The summed E-state index contributed by atoms with van der Waals surface area (Å²) >= 11 is 3.41. The first-order valence-electron chi connectivity index (χ1n) is 8.70. The number of aryl methyl sites for hydroxylation is 2. The second kappa shape index (κ2) is 8.31. The number of carbonyl (C=O) groups excluding carboxylic acids is 1. The lowest BCUT2D eigenvalue weighted by atomic mass is 10.2. The van der Waals surface area contributed by atoms with Crippen LogP contribution in [-0.4, -0.2) is 15.5 Å².